The minimum Gasteiger partial charge on any atom is -0.492 e. The Morgan fingerprint density at radius 1 is 1.33 bits per heavy atom. The highest BCUT2D eigenvalue weighted by molar-refractivity contribution is 5.22. The van der Waals surface area contributed by atoms with E-state index in [0.717, 1.165) is 12.8 Å². The van der Waals surface area contributed by atoms with Crippen molar-refractivity contribution in [1.29, 1.82) is 0 Å². The van der Waals surface area contributed by atoms with Crippen LogP contribution in [0.25, 0.3) is 0 Å². The lowest BCUT2D eigenvalue weighted by Gasteiger charge is -2.23. The third-order valence-corrected chi connectivity index (χ3v) is 2.92. The maximum Gasteiger partial charge on any atom is 0.126 e. The van der Waals surface area contributed by atoms with Crippen molar-refractivity contribution in [3.05, 3.63) is 30.1 Å². The van der Waals surface area contributed by atoms with Crippen LogP contribution in [-0.4, -0.2) is 12.1 Å². The summed E-state index contributed by atoms with van der Waals surface area (Å²) in [6.07, 6.45) is 4.34. The molecule has 0 radical (unpaired) electrons. The van der Waals surface area contributed by atoms with E-state index >= 15 is 0 Å². The van der Waals surface area contributed by atoms with Crippen LogP contribution in [0.15, 0.2) is 24.3 Å². The molecule has 0 aliphatic heterocycles. The van der Waals surface area contributed by atoms with Gasteiger partial charge in [0.1, 0.15) is 18.2 Å². The standard InChI is InChI=1S/C12H16FNO/c13-10-4-3-5-11(8-10)15-9-12(14)6-1-2-7-12/h3-5,8H,1-2,6-7,9,14H2. The Labute approximate surface area is 89.2 Å². The van der Waals surface area contributed by atoms with E-state index in [1.165, 1.54) is 25.0 Å². The Hall–Kier alpha value is -1.09. The van der Waals surface area contributed by atoms with Gasteiger partial charge in [0.25, 0.3) is 0 Å². The summed E-state index contributed by atoms with van der Waals surface area (Å²) >= 11 is 0. The second kappa shape index (κ2) is 4.19. The highest BCUT2D eigenvalue weighted by Gasteiger charge is 2.29. The third-order valence-electron chi connectivity index (χ3n) is 2.92. The molecule has 1 aliphatic carbocycles. The number of hydrogen-bond donors (Lipinski definition) is 1. The van der Waals surface area contributed by atoms with Crippen molar-refractivity contribution in [1.82, 2.24) is 0 Å². The molecule has 0 heterocycles. The van der Waals surface area contributed by atoms with Crippen molar-refractivity contribution in [2.24, 2.45) is 5.73 Å². The lowest BCUT2D eigenvalue weighted by atomic mass is 10.0. The first kappa shape index (κ1) is 10.4. The van der Waals surface area contributed by atoms with Gasteiger partial charge in [-0.3, -0.25) is 0 Å². The van der Waals surface area contributed by atoms with Crippen LogP contribution in [0.4, 0.5) is 4.39 Å². The maximum atomic E-state index is 12.9. The molecule has 1 aliphatic rings. The molecular weight excluding hydrogens is 193 g/mol. The number of hydrogen-bond acceptors (Lipinski definition) is 2. The van der Waals surface area contributed by atoms with Gasteiger partial charge in [0.2, 0.25) is 0 Å². The highest BCUT2D eigenvalue weighted by Crippen LogP contribution is 2.27. The van der Waals surface area contributed by atoms with E-state index in [9.17, 15) is 4.39 Å². The quantitative estimate of drug-likeness (QED) is 0.830. The van der Waals surface area contributed by atoms with E-state index in [1.807, 2.05) is 0 Å². The van der Waals surface area contributed by atoms with Crippen molar-refractivity contribution in [2.75, 3.05) is 6.61 Å². The monoisotopic (exact) mass is 209 g/mol. The van der Waals surface area contributed by atoms with Crippen molar-refractivity contribution >= 4 is 0 Å². The van der Waals surface area contributed by atoms with Crippen molar-refractivity contribution in [2.45, 2.75) is 31.2 Å². The Balaban J connectivity index is 1.92. The van der Waals surface area contributed by atoms with Crippen molar-refractivity contribution < 1.29 is 9.13 Å². The lowest BCUT2D eigenvalue weighted by Crippen LogP contribution is -2.42. The molecule has 0 saturated heterocycles. The van der Waals surface area contributed by atoms with E-state index < -0.39 is 0 Å². The first-order valence-corrected chi connectivity index (χ1v) is 5.35. The third kappa shape index (κ3) is 2.69. The molecule has 0 atom stereocenters. The molecule has 1 saturated carbocycles. The Bertz CT molecular complexity index is 334. The fourth-order valence-corrected chi connectivity index (χ4v) is 2.01. The van der Waals surface area contributed by atoms with Gasteiger partial charge in [0.05, 0.1) is 5.54 Å². The predicted octanol–water partition coefficient (Wildman–Crippen LogP) is 2.48. The summed E-state index contributed by atoms with van der Waals surface area (Å²) in [6, 6.07) is 6.18. The van der Waals surface area contributed by atoms with Crippen LogP contribution in [-0.2, 0) is 0 Å². The molecule has 2 rings (SSSR count). The number of benzene rings is 1. The van der Waals surface area contributed by atoms with E-state index in [1.54, 1.807) is 12.1 Å². The molecule has 0 aromatic heterocycles. The summed E-state index contributed by atoms with van der Waals surface area (Å²) in [7, 11) is 0. The number of rotatable bonds is 3. The van der Waals surface area contributed by atoms with Crippen molar-refractivity contribution in [3.63, 3.8) is 0 Å². The van der Waals surface area contributed by atoms with Gasteiger partial charge in [0, 0.05) is 6.07 Å². The van der Waals surface area contributed by atoms with Gasteiger partial charge < -0.3 is 10.5 Å². The van der Waals surface area contributed by atoms with E-state index in [4.69, 9.17) is 10.5 Å². The second-order valence-electron chi connectivity index (χ2n) is 4.32. The molecule has 0 amide bonds. The average molecular weight is 209 g/mol. The fraction of sp³-hybridized carbons (Fsp3) is 0.500. The molecule has 1 fully saturated rings. The second-order valence-corrected chi connectivity index (χ2v) is 4.32. The van der Waals surface area contributed by atoms with Gasteiger partial charge in [-0.05, 0) is 25.0 Å². The normalized spacial score (nSPS) is 19.1. The molecule has 2 nitrogen and oxygen atoms in total. The van der Waals surface area contributed by atoms with E-state index in [2.05, 4.69) is 0 Å². The molecule has 15 heavy (non-hydrogen) atoms. The number of nitrogens with two attached hydrogens (primary N) is 1. The van der Waals surface area contributed by atoms with Gasteiger partial charge in [-0.2, -0.15) is 0 Å². The first-order valence-electron chi connectivity index (χ1n) is 5.35. The van der Waals surface area contributed by atoms with Crippen LogP contribution in [0.3, 0.4) is 0 Å². The van der Waals surface area contributed by atoms with Gasteiger partial charge >= 0.3 is 0 Å². The Kier molecular flexibility index (Phi) is 2.91. The summed E-state index contributed by atoms with van der Waals surface area (Å²) in [5.41, 5.74) is 5.92. The Morgan fingerprint density at radius 2 is 2.07 bits per heavy atom. The molecular formula is C12H16FNO. The lowest BCUT2D eigenvalue weighted by molar-refractivity contribution is 0.220. The van der Waals surface area contributed by atoms with E-state index in [0.29, 0.717) is 12.4 Å². The Morgan fingerprint density at radius 3 is 2.73 bits per heavy atom. The van der Waals surface area contributed by atoms with Crippen LogP contribution < -0.4 is 10.5 Å². The van der Waals surface area contributed by atoms with Gasteiger partial charge in [-0.1, -0.05) is 18.9 Å². The highest BCUT2D eigenvalue weighted by atomic mass is 19.1. The zero-order chi connectivity index (χ0) is 10.7. The number of halogens is 1. The minimum atomic E-state index is -0.273. The summed E-state index contributed by atoms with van der Waals surface area (Å²) in [5.74, 6) is 0.289. The van der Waals surface area contributed by atoms with Crippen LogP contribution in [0.1, 0.15) is 25.7 Å². The zero-order valence-electron chi connectivity index (χ0n) is 8.71. The zero-order valence-corrected chi connectivity index (χ0v) is 8.71. The minimum absolute atomic E-state index is 0.202. The molecule has 1 aromatic rings. The largest absolute Gasteiger partial charge is 0.492 e. The van der Waals surface area contributed by atoms with Crippen LogP contribution in [0.2, 0.25) is 0 Å². The topological polar surface area (TPSA) is 35.2 Å². The molecule has 0 spiro atoms. The van der Waals surface area contributed by atoms with Crippen LogP contribution in [0, 0.1) is 5.82 Å². The molecule has 1 aromatic carbocycles. The van der Waals surface area contributed by atoms with Gasteiger partial charge in [-0.15, -0.1) is 0 Å². The number of ether oxygens (including phenoxy) is 1. The fourth-order valence-electron chi connectivity index (χ4n) is 2.01. The summed E-state index contributed by atoms with van der Waals surface area (Å²) in [4.78, 5) is 0. The smallest absolute Gasteiger partial charge is 0.126 e. The predicted molar refractivity (Wildman–Crippen MR) is 57.3 cm³/mol. The first-order chi connectivity index (χ1) is 7.18. The van der Waals surface area contributed by atoms with Gasteiger partial charge in [-0.25, -0.2) is 4.39 Å². The van der Waals surface area contributed by atoms with Crippen LogP contribution in [0.5, 0.6) is 5.75 Å². The molecule has 0 bridgehead atoms. The SMILES string of the molecule is NC1(COc2cccc(F)c2)CCCC1. The van der Waals surface area contributed by atoms with Crippen LogP contribution >= 0.6 is 0 Å². The molecule has 82 valence electrons. The summed E-state index contributed by atoms with van der Waals surface area (Å²) in [6.45, 7) is 0.483. The molecule has 3 heteroatoms. The summed E-state index contributed by atoms with van der Waals surface area (Å²) in [5, 5.41) is 0. The van der Waals surface area contributed by atoms with E-state index in [-0.39, 0.29) is 11.4 Å². The summed E-state index contributed by atoms with van der Waals surface area (Å²) < 4.78 is 18.4. The van der Waals surface area contributed by atoms with Gasteiger partial charge in [0.15, 0.2) is 0 Å². The van der Waals surface area contributed by atoms with Crippen molar-refractivity contribution in [3.8, 4) is 5.75 Å². The maximum absolute atomic E-state index is 12.9. The molecule has 0 unspecified atom stereocenters. The average Bonchev–Trinajstić information content (AvgIpc) is 2.63. The molecule has 2 N–H and O–H groups in total.